The van der Waals surface area contributed by atoms with Gasteiger partial charge in [0.25, 0.3) is 0 Å². The van der Waals surface area contributed by atoms with E-state index in [1.54, 1.807) is 11.9 Å². The lowest BCUT2D eigenvalue weighted by atomic mass is 9.94. The van der Waals surface area contributed by atoms with Gasteiger partial charge in [0.15, 0.2) is 0 Å². The predicted octanol–water partition coefficient (Wildman–Crippen LogP) is 3.41. The number of carbonyl (C=O) groups is 1. The monoisotopic (exact) mass is 297 g/mol. The van der Waals surface area contributed by atoms with E-state index in [0.29, 0.717) is 19.0 Å². The number of carbonyl (C=O) groups excluding carboxylic acids is 1. The van der Waals surface area contributed by atoms with Crippen molar-refractivity contribution in [2.75, 3.05) is 26.1 Å². The van der Waals surface area contributed by atoms with Gasteiger partial charge >= 0.3 is 0 Å². The number of rotatable bonds is 6. The number of aryl methyl sites for hydroxylation is 2. The fourth-order valence-electron chi connectivity index (χ4n) is 1.99. The molecule has 0 atom stereocenters. The lowest BCUT2D eigenvalue weighted by Gasteiger charge is -2.27. The second-order valence-corrected chi connectivity index (χ2v) is 6.18. The number of alkyl halides is 1. The molecule has 0 bridgehead atoms. The van der Waals surface area contributed by atoms with E-state index in [9.17, 15) is 4.79 Å². The molecule has 112 valence electrons. The maximum atomic E-state index is 12.1. The number of nitrogens with zero attached hydrogens (tertiary/aromatic N) is 1. The van der Waals surface area contributed by atoms with Crippen molar-refractivity contribution in [3.8, 4) is 5.75 Å². The van der Waals surface area contributed by atoms with Crippen LogP contribution in [0.3, 0.4) is 0 Å². The summed E-state index contributed by atoms with van der Waals surface area (Å²) in [7, 11) is 1.78. The van der Waals surface area contributed by atoms with Gasteiger partial charge in [0.2, 0.25) is 5.91 Å². The van der Waals surface area contributed by atoms with E-state index >= 15 is 0 Å². The van der Waals surface area contributed by atoms with E-state index in [1.807, 2.05) is 39.8 Å². The zero-order valence-corrected chi connectivity index (χ0v) is 13.8. The molecule has 4 heteroatoms. The number of hydrogen-bond donors (Lipinski definition) is 0. The summed E-state index contributed by atoms with van der Waals surface area (Å²) in [6.45, 7) is 8.81. The summed E-state index contributed by atoms with van der Waals surface area (Å²) in [6.07, 6.45) is 0. The largest absolute Gasteiger partial charge is 0.492 e. The van der Waals surface area contributed by atoms with Crippen LogP contribution in [0.2, 0.25) is 0 Å². The summed E-state index contributed by atoms with van der Waals surface area (Å²) >= 11 is 5.82. The van der Waals surface area contributed by atoms with E-state index in [4.69, 9.17) is 16.3 Å². The highest BCUT2D eigenvalue weighted by molar-refractivity contribution is 6.19. The summed E-state index contributed by atoms with van der Waals surface area (Å²) in [5.41, 5.74) is 1.82. The Hall–Kier alpha value is -1.22. The van der Waals surface area contributed by atoms with Gasteiger partial charge in [-0.1, -0.05) is 6.07 Å². The molecule has 1 aromatic rings. The summed E-state index contributed by atoms with van der Waals surface area (Å²) in [6, 6.07) is 6.10. The first-order valence-corrected chi connectivity index (χ1v) is 7.32. The highest BCUT2D eigenvalue weighted by Gasteiger charge is 2.29. The smallest absolute Gasteiger partial charge is 0.229 e. The summed E-state index contributed by atoms with van der Waals surface area (Å²) in [5, 5.41) is 0. The third kappa shape index (κ3) is 4.71. The predicted molar refractivity (Wildman–Crippen MR) is 83.5 cm³/mol. The Morgan fingerprint density at radius 3 is 2.30 bits per heavy atom. The molecular weight excluding hydrogens is 274 g/mol. The molecule has 1 aromatic carbocycles. The first-order chi connectivity index (χ1) is 9.26. The van der Waals surface area contributed by atoms with E-state index in [-0.39, 0.29) is 5.91 Å². The summed E-state index contributed by atoms with van der Waals surface area (Å²) < 4.78 is 5.71. The zero-order valence-electron chi connectivity index (χ0n) is 13.0. The molecule has 0 radical (unpaired) electrons. The van der Waals surface area contributed by atoms with Crippen molar-refractivity contribution in [2.45, 2.75) is 27.7 Å². The molecule has 0 aliphatic carbocycles. The van der Waals surface area contributed by atoms with Gasteiger partial charge in [-0.05, 0) is 51.0 Å². The quantitative estimate of drug-likeness (QED) is 0.753. The summed E-state index contributed by atoms with van der Waals surface area (Å²) in [4.78, 5) is 13.8. The Bertz CT molecular complexity index is 451. The second-order valence-electron chi connectivity index (χ2n) is 5.92. The average Bonchev–Trinajstić information content (AvgIpc) is 2.36. The zero-order chi connectivity index (χ0) is 15.3. The van der Waals surface area contributed by atoms with Crippen molar-refractivity contribution in [1.29, 1.82) is 0 Å². The molecule has 0 N–H and O–H groups in total. The molecule has 1 rings (SSSR count). The maximum Gasteiger partial charge on any atom is 0.229 e. The van der Waals surface area contributed by atoms with Gasteiger partial charge in [0.1, 0.15) is 12.4 Å². The van der Waals surface area contributed by atoms with Gasteiger partial charge < -0.3 is 9.64 Å². The topological polar surface area (TPSA) is 29.5 Å². The first-order valence-electron chi connectivity index (χ1n) is 6.79. The molecule has 0 aromatic heterocycles. The standard InChI is InChI=1S/C16H24ClNO2/c1-12-8-13(2)10-14(9-12)20-7-6-18(5)15(19)16(3,4)11-17/h8-10H,6-7,11H2,1-5H3. The molecule has 0 heterocycles. The molecule has 0 saturated carbocycles. The molecule has 1 amide bonds. The second kappa shape index (κ2) is 6.98. The molecule has 0 aliphatic heterocycles. The van der Waals surface area contributed by atoms with E-state index in [0.717, 1.165) is 5.75 Å². The normalized spacial score (nSPS) is 11.3. The Balaban J connectivity index is 2.50. The Kier molecular flexibility index (Phi) is 5.88. The third-order valence-electron chi connectivity index (χ3n) is 3.15. The number of benzene rings is 1. The number of hydrogen-bond acceptors (Lipinski definition) is 2. The van der Waals surface area contributed by atoms with Crippen LogP contribution in [0, 0.1) is 19.3 Å². The van der Waals surface area contributed by atoms with Crippen molar-refractivity contribution in [2.24, 2.45) is 5.41 Å². The number of ether oxygens (including phenoxy) is 1. The van der Waals surface area contributed by atoms with Crippen LogP contribution in [-0.4, -0.2) is 36.9 Å². The fourth-order valence-corrected chi connectivity index (χ4v) is 2.11. The van der Waals surface area contributed by atoms with Crippen molar-refractivity contribution in [3.63, 3.8) is 0 Å². The van der Waals surface area contributed by atoms with Crippen molar-refractivity contribution in [3.05, 3.63) is 29.3 Å². The van der Waals surface area contributed by atoms with Gasteiger partial charge in [0, 0.05) is 12.9 Å². The Labute approximate surface area is 126 Å². The van der Waals surface area contributed by atoms with Gasteiger partial charge in [0.05, 0.1) is 12.0 Å². The number of amides is 1. The third-order valence-corrected chi connectivity index (χ3v) is 3.82. The van der Waals surface area contributed by atoms with Crippen LogP contribution in [0.1, 0.15) is 25.0 Å². The van der Waals surface area contributed by atoms with Crippen LogP contribution < -0.4 is 4.74 Å². The molecule has 0 fully saturated rings. The van der Waals surface area contributed by atoms with E-state index in [1.165, 1.54) is 11.1 Å². The van der Waals surface area contributed by atoms with Gasteiger partial charge in [-0.25, -0.2) is 0 Å². The lowest BCUT2D eigenvalue weighted by molar-refractivity contribution is -0.138. The average molecular weight is 298 g/mol. The Morgan fingerprint density at radius 1 is 1.25 bits per heavy atom. The molecule has 0 unspecified atom stereocenters. The molecule has 3 nitrogen and oxygen atoms in total. The molecular formula is C16H24ClNO2. The molecule has 0 saturated heterocycles. The minimum Gasteiger partial charge on any atom is -0.492 e. The van der Waals surface area contributed by atoms with Crippen LogP contribution in [0.25, 0.3) is 0 Å². The SMILES string of the molecule is Cc1cc(C)cc(OCCN(C)C(=O)C(C)(C)CCl)c1. The molecule has 0 aliphatic rings. The fraction of sp³-hybridized carbons (Fsp3) is 0.562. The van der Waals surface area contributed by atoms with Crippen LogP contribution in [0.4, 0.5) is 0 Å². The highest BCUT2D eigenvalue weighted by Crippen LogP contribution is 2.20. The highest BCUT2D eigenvalue weighted by atomic mass is 35.5. The lowest BCUT2D eigenvalue weighted by Crippen LogP contribution is -2.41. The van der Waals surface area contributed by atoms with Crippen LogP contribution in [0.5, 0.6) is 5.75 Å². The number of halogens is 1. The van der Waals surface area contributed by atoms with Crippen LogP contribution >= 0.6 is 11.6 Å². The van der Waals surface area contributed by atoms with Gasteiger partial charge in [-0.2, -0.15) is 0 Å². The first kappa shape index (κ1) is 16.8. The van der Waals surface area contributed by atoms with Crippen LogP contribution in [0.15, 0.2) is 18.2 Å². The van der Waals surface area contributed by atoms with E-state index < -0.39 is 5.41 Å². The minimum absolute atomic E-state index is 0.0384. The summed E-state index contributed by atoms with van der Waals surface area (Å²) in [5.74, 6) is 1.20. The molecule has 0 spiro atoms. The van der Waals surface area contributed by atoms with Crippen molar-refractivity contribution < 1.29 is 9.53 Å². The Morgan fingerprint density at radius 2 is 1.80 bits per heavy atom. The van der Waals surface area contributed by atoms with Crippen molar-refractivity contribution >= 4 is 17.5 Å². The van der Waals surface area contributed by atoms with Crippen molar-refractivity contribution in [1.82, 2.24) is 4.90 Å². The van der Waals surface area contributed by atoms with Crippen LogP contribution in [-0.2, 0) is 4.79 Å². The van der Waals surface area contributed by atoms with E-state index in [2.05, 4.69) is 6.07 Å². The maximum absolute atomic E-state index is 12.1. The minimum atomic E-state index is -0.532. The van der Waals surface area contributed by atoms with Gasteiger partial charge in [-0.3, -0.25) is 4.79 Å². The number of likely N-dealkylation sites (N-methyl/N-ethyl adjacent to an activating group) is 1. The van der Waals surface area contributed by atoms with Gasteiger partial charge in [-0.15, -0.1) is 11.6 Å². The molecule has 20 heavy (non-hydrogen) atoms.